The Hall–Kier alpha value is -4.82. The van der Waals surface area contributed by atoms with Crippen molar-refractivity contribution < 1.29 is 32.5 Å². The minimum Gasteiger partial charge on any atom is -0.491 e. The van der Waals surface area contributed by atoms with Crippen LogP contribution in [0, 0.1) is 0 Å². The smallest absolute Gasteiger partial charge is 0.335 e. The van der Waals surface area contributed by atoms with E-state index in [4.69, 9.17) is 14.2 Å². The van der Waals surface area contributed by atoms with E-state index in [1.54, 1.807) is 46.3 Å². The van der Waals surface area contributed by atoms with Crippen molar-refractivity contribution in [3.8, 4) is 17.6 Å². The predicted molar refractivity (Wildman–Crippen MR) is 164 cm³/mol. The highest BCUT2D eigenvalue weighted by atomic mass is 32.2. The summed E-state index contributed by atoms with van der Waals surface area (Å²) >= 11 is 1.37. The zero-order chi connectivity index (χ0) is 30.7. The molecule has 12 nitrogen and oxygen atoms in total. The highest BCUT2D eigenvalue weighted by molar-refractivity contribution is 7.96. The van der Waals surface area contributed by atoms with Gasteiger partial charge >= 0.3 is 12.0 Å². The minimum atomic E-state index is -3.98. The summed E-state index contributed by atoms with van der Waals surface area (Å²) in [5.74, 6) is -0.487. The Labute approximate surface area is 252 Å². The molecular weight excluding hydrogens is 594 g/mol. The topological polar surface area (TPSA) is 152 Å². The first-order valence-corrected chi connectivity index (χ1v) is 15.4. The second-order valence-electron chi connectivity index (χ2n) is 9.71. The lowest BCUT2D eigenvalue weighted by atomic mass is 9.92. The molecule has 1 aliphatic heterocycles. The van der Waals surface area contributed by atoms with Crippen LogP contribution in [0.1, 0.15) is 29.8 Å². The van der Waals surface area contributed by atoms with Gasteiger partial charge in [-0.05, 0) is 60.7 Å². The summed E-state index contributed by atoms with van der Waals surface area (Å²) in [5, 5.41) is 14.8. The Bertz CT molecular complexity index is 1760. The Balaban J connectivity index is 1.57. The van der Waals surface area contributed by atoms with Crippen LogP contribution in [0.2, 0.25) is 0 Å². The number of benzene rings is 1. The number of aromatic carboxylic acids is 1. The quantitative estimate of drug-likeness (QED) is 0.267. The number of ether oxygens (including phenoxy) is 3. The number of nitrogens with zero attached hydrogens (tertiary/aromatic N) is 3. The lowest BCUT2D eigenvalue weighted by Gasteiger charge is -2.36. The third-order valence-electron chi connectivity index (χ3n) is 6.29. The van der Waals surface area contributed by atoms with Crippen LogP contribution in [0.15, 0.2) is 82.2 Å². The van der Waals surface area contributed by atoms with E-state index in [-0.39, 0.29) is 22.6 Å². The second-order valence-corrected chi connectivity index (χ2v) is 12.2. The maximum absolute atomic E-state index is 13.4. The van der Waals surface area contributed by atoms with Crippen molar-refractivity contribution in [3.05, 3.63) is 93.3 Å². The van der Waals surface area contributed by atoms with Crippen LogP contribution >= 0.6 is 11.3 Å². The summed E-state index contributed by atoms with van der Waals surface area (Å²) in [6, 6.07) is 5.84. The fraction of sp³-hybridized carbons (Fsp3) is 0.207. The van der Waals surface area contributed by atoms with Crippen LogP contribution in [-0.4, -0.2) is 60.8 Å². The average Bonchev–Trinajstić information content (AvgIpc) is 3.48. The number of nitrogens with one attached hydrogen (secondary N) is 2. The second kappa shape index (κ2) is 12.2. The molecule has 0 bridgehead atoms. The van der Waals surface area contributed by atoms with Crippen LogP contribution < -0.4 is 24.4 Å². The van der Waals surface area contributed by atoms with Crippen molar-refractivity contribution in [2.24, 2.45) is 0 Å². The molecule has 1 aliphatic carbocycles. The number of hydrogen-bond donors (Lipinski definition) is 3. The maximum Gasteiger partial charge on any atom is 0.335 e. The third kappa shape index (κ3) is 6.65. The number of rotatable bonds is 11. The Morgan fingerprint density at radius 1 is 1.14 bits per heavy atom. The molecule has 3 aromatic rings. The number of thiophene rings is 1. The molecule has 0 saturated heterocycles. The van der Waals surface area contributed by atoms with Gasteiger partial charge in [-0.2, -0.15) is 16.3 Å². The molecule has 14 heteroatoms. The normalized spacial score (nSPS) is 16.1. The summed E-state index contributed by atoms with van der Waals surface area (Å²) in [7, 11) is -1.03. The molecule has 1 unspecified atom stereocenters. The number of aromatic nitrogens is 2. The summed E-state index contributed by atoms with van der Waals surface area (Å²) in [6.45, 7) is 3.67. The highest BCUT2D eigenvalue weighted by Crippen LogP contribution is 2.36. The van der Waals surface area contributed by atoms with Gasteiger partial charge in [0.2, 0.25) is 5.88 Å². The number of methoxy groups -OCH3 is 2. The first-order valence-electron chi connectivity index (χ1n) is 13.0. The van der Waals surface area contributed by atoms with Gasteiger partial charge in [-0.15, -0.1) is 0 Å². The number of carboxylic acids is 1. The standard InChI is InChI=1S/C29H29N5O7S2/c1-17(2)41-23-10-20(28(35)36)9-22(13-23)32-34-15-24(43(37,38)33-21-7-8-42-16-21)11-19-6-5-18(12-26(19)34)25-14-30-29(40-4)31-27(25)39-3/h5-17,26,32-33H,1-4H3,(H,35,36). The van der Waals surface area contributed by atoms with Gasteiger partial charge in [-0.3, -0.25) is 15.2 Å². The van der Waals surface area contributed by atoms with Crippen LogP contribution in [0.5, 0.6) is 17.6 Å². The van der Waals surface area contributed by atoms with Crippen molar-refractivity contribution in [1.82, 2.24) is 15.0 Å². The molecule has 43 heavy (non-hydrogen) atoms. The van der Waals surface area contributed by atoms with Crippen LogP contribution in [0.25, 0.3) is 5.57 Å². The molecule has 5 rings (SSSR count). The van der Waals surface area contributed by atoms with E-state index in [9.17, 15) is 18.3 Å². The molecule has 2 aromatic heterocycles. The van der Waals surface area contributed by atoms with Gasteiger partial charge < -0.3 is 19.3 Å². The molecule has 1 aromatic carbocycles. The maximum atomic E-state index is 13.4. The van der Waals surface area contributed by atoms with E-state index in [0.717, 1.165) is 0 Å². The van der Waals surface area contributed by atoms with Crippen molar-refractivity contribution in [2.45, 2.75) is 26.0 Å². The van der Waals surface area contributed by atoms with Crippen molar-refractivity contribution in [1.29, 1.82) is 0 Å². The van der Waals surface area contributed by atoms with Gasteiger partial charge in [-0.25, -0.2) is 18.2 Å². The summed E-state index contributed by atoms with van der Waals surface area (Å²) in [5.41, 5.74) is 5.99. The number of hydrogen-bond acceptors (Lipinski definition) is 11. The Kier molecular flexibility index (Phi) is 8.41. The first-order chi connectivity index (χ1) is 20.6. The van der Waals surface area contributed by atoms with Gasteiger partial charge in [0.15, 0.2) is 0 Å². The molecule has 3 N–H and O–H groups in total. The number of sulfonamides is 1. The fourth-order valence-electron chi connectivity index (χ4n) is 4.44. The van der Waals surface area contributed by atoms with E-state index in [2.05, 4.69) is 20.1 Å². The van der Waals surface area contributed by atoms with Gasteiger partial charge in [0, 0.05) is 23.8 Å². The van der Waals surface area contributed by atoms with E-state index >= 15 is 0 Å². The van der Waals surface area contributed by atoms with Crippen molar-refractivity contribution in [2.75, 3.05) is 24.4 Å². The van der Waals surface area contributed by atoms with Gasteiger partial charge in [0.1, 0.15) is 10.7 Å². The molecular formula is C29H29N5O7S2. The fourth-order valence-corrected chi connectivity index (χ4v) is 6.21. The number of carbonyl (C=O) groups is 1. The molecule has 0 spiro atoms. The minimum absolute atomic E-state index is 0.00245. The number of carboxylic acid groups (broad SMARTS) is 1. The number of fused-ring (bicyclic) bond motifs is 1. The molecule has 2 aliphatic rings. The Morgan fingerprint density at radius 2 is 1.95 bits per heavy atom. The summed E-state index contributed by atoms with van der Waals surface area (Å²) in [4.78, 5) is 20.4. The molecule has 0 fully saturated rings. The van der Waals surface area contributed by atoms with E-state index in [1.807, 2.05) is 26.0 Å². The van der Waals surface area contributed by atoms with E-state index in [0.29, 0.717) is 39.7 Å². The van der Waals surface area contributed by atoms with Crippen LogP contribution in [-0.2, 0) is 10.0 Å². The Morgan fingerprint density at radius 3 is 2.63 bits per heavy atom. The van der Waals surface area contributed by atoms with Gasteiger partial charge in [-0.1, -0.05) is 12.2 Å². The van der Waals surface area contributed by atoms with Gasteiger partial charge in [0.05, 0.1) is 48.9 Å². The number of anilines is 2. The molecule has 0 amide bonds. The molecule has 3 heterocycles. The molecule has 224 valence electrons. The van der Waals surface area contributed by atoms with E-state index in [1.165, 1.54) is 43.9 Å². The zero-order valence-electron chi connectivity index (χ0n) is 23.6. The van der Waals surface area contributed by atoms with E-state index < -0.39 is 22.0 Å². The van der Waals surface area contributed by atoms with Crippen LogP contribution in [0.4, 0.5) is 11.4 Å². The zero-order valence-corrected chi connectivity index (χ0v) is 25.3. The average molecular weight is 624 g/mol. The molecule has 0 radical (unpaired) electrons. The van der Waals surface area contributed by atoms with Gasteiger partial charge in [0.25, 0.3) is 10.0 Å². The lowest BCUT2D eigenvalue weighted by molar-refractivity contribution is 0.0696. The van der Waals surface area contributed by atoms with Crippen molar-refractivity contribution >= 4 is 44.3 Å². The van der Waals surface area contributed by atoms with Crippen molar-refractivity contribution in [3.63, 3.8) is 0 Å². The lowest BCUT2D eigenvalue weighted by Crippen LogP contribution is -2.39. The monoisotopic (exact) mass is 623 g/mol. The number of hydrazine groups is 1. The number of allylic oxidation sites excluding steroid dienone is 3. The predicted octanol–water partition coefficient (Wildman–Crippen LogP) is 4.91. The molecule has 1 atom stereocenters. The SMILES string of the molecule is COc1ncc(C2=CC3C(=CC(S(=O)(=O)Nc4ccsc4)=CN3Nc3cc(OC(C)C)cc(C(=O)O)c3)C=C2)c(OC)n1. The summed E-state index contributed by atoms with van der Waals surface area (Å²) < 4.78 is 45.8. The third-order valence-corrected chi connectivity index (χ3v) is 8.33. The molecule has 0 saturated carbocycles. The summed E-state index contributed by atoms with van der Waals surface area (Å²) in [6.07, 6.45) is 9.93. The first kappa shape index (κ1) is 29.7. The van der Waals surface area contributed by atoms with Crippen LogP contribution in [0.3, 0.4) is 0 Å². The largest absolute Gasteiger partial charge is 0.491 e. The highest BCUT2D eigenvalue weighted by Gasteiger charge is 2.30.